The molecule has 0 saturated carbocycles. The summed E-state index contributed by atoms with van der Waals surface area (Å²) in [5.41, 5.74) is 1.24. The number of aryl methyl sites for hydroxylation is 1. The van der Waals surface area contributed by atoms with E-state index in [0.29, 0.717) is 29.6 Å². The largest absolute Gasteiger partial charge is 0.394 e. The number of aliphatic hydroxyl groups is 1. The smallest absolute Gasteiger partial charge is 0.270 e. The summed E-state index contributed by atoms with van der Waals surface area (Å²) in [7, 11) is 0. The number of aliphatic hydroxyl groups excluding tert-OH is 1. The van der Waals surface area contributed by atoms with Crippen molar-refractivity contribution >= 4 is 23.8 Å². The van der Waals surface area contributed by atoms with E-state index in [-0.39, 0.29) is 12.5 Å². The fourth-order valence-corrected chi connectivity index (χ4v) is 1.96. The van der Waals surface area contributed by atoms with E-state index < -0.39 is 6.04 Å². The summed E-state index contributed by atoms with van der Waals surface area (Å²) >= 11 is 0. The van der Waals surface area contributed by atoms with Gasteiger partial charge in [-0.3, -0.25) is 9.48 Å². The summed E-state index contributed by atoms with van der Waals surface area (Å²) in [6.45, 7) is 3.77. The van der Waals surface area contributed by atoms with Gasteiger partial charge in [0.05, 0.1) is 30.8 Å². The minimum atomic E-state index is -0.639. The lowest BCUT2D eigenvalue weighted by Gasteiger charge is -2.14. The number of amides is 1. The van der Waals surface area contributed by atoms with Crippen LogP contribution < -0.4 is 5.32 Å². The maximum atomic E-state index is 12.3. The van der Waals surface area contributed by atoms with Gasteiger partial charge >= 0.3 is 0 Å². The van der Waals surface area contributed by atoms with Crippen LogP contribution in [0.15, 0.2) is 23.5 Å². The Kier molecular flexibility index (Phi) is 5.36. The Hall–Kier alpha value is -2.81. The number of aliphatic imine (C=N–C) groups is 1. The maximum Gasteiger partial charge on any atom is 0.270 e. The molecule has 0 bridgehead atoms. The average molecular weight is 317 g/mol. The van der Waals surface area contributed by atoms with Crippen LogP contribution in [0.25, 0.3) is 0 Å². The Bertz CT molecular complexity index is 716. The van der Waals surface area contributed by atoms with Crippen molar-refractivity contribution in [2.75, 3.05) is 6.61 Å². The zero-order valence-electron chi connectivity index (χ0n) is 12.9. The molecule has 1 atom stereocenters. The monoisotopic (exact) mass is 317 g/mol. The summed E-state index contributed by atoms with van der Waals surface area (Å²) in [4.78, 5) is 23.2. The van der Waals surface area contributed by atoms with Crippen molar-refractivity contribution < 1.29 is 9.90 Å². The van der Waals surface area contributed by atoms with Gasteiger partial charge in [-0.25, -0.2) is 9.98 Å². The van der Waals surface area contributed by atoms with Crippen LogP contribution in [0.1, 0.15) is 36.1 Å². The molecular weight excluding hydrogens is 298 g/mol. The number of hydrogen-bond donors (Lipinski definition) is 4. The lowest BCUT2D eigenvalue weighted by atomic mass is 10.2. The molecule has 2 heterocycles. The fraction of sp³-hybridized carbons (Fsp3) is 0.357. The van der Waals surface area contributed by atoms with Gasteiger partial charge in [-0.2, -0.15) is 5.10 Å². The average Bonchev–Trinajstić information content (AvgIpc) is 3.19. The number of imidazole rings is 1. The van der Waals surface area contributed by atoms with Crippen molar-refractivity contribution in [1.82, 2.24) is 25.1 Å². The first-order valence-electron chi connectivity index (χ1n) is 7.12. The molecule has 2 rings (SSSR count). The normalized spacial score (nSPS) is 12.5. The topological polar surface area (TPSA) is 132 Å². The van der Waals surface area contributed by atoms with Gasteiger partial charge in [0, 0.05) is 18.5 Å². The van der Waals surface area contributed by atoms with E-state index in [1.165, 1.54) is 12.4 Å². The summed E-state index contributed by atoms with van der Waals surface area (Å²) in [6.07, 6.45) is 4.40. The molecule has 1 unspecified atom stereocenters. The molecule has 122 valence electrons. The number of nitrogens with one attached hydrogen (secondary N) is 3. The van der Waals surface area contributed by atoms with E-state index in [9.17, 15) is 9.90 Å². The third kappa shape index (κ3) is 4.10. The molecule has 9 heteroatoms. The predicted octanol–water partition coefficient (Wildman–Crippen LogP) is 0.831. The van der Waals surface area contributed by atoms with E-state index in [1.807, 2.05) is 6.92 Å². The second kappa shape index (κ2) is 7.45. The van der Waals surface area contributed by atoms with Crippen molar-refractivity contribution in [3.63, 3.8) is 0 Å². The molecule has 2 aromatic rings. The minimum absolute atomic E-state index is 0.291. The van der Waals surface area contributed by atoms with Crippen LogP contribution in [0.4, 0.5) is 5.95 Å². The molecule has 0 aliphatic carbocycles. The molecule has 0 radical (unpaired) electrons. The van der Waals surface area contributed by atoms with E-state index in [4.69, 9.17) is 5.41 Å². The van der Waals surface area contributed by atoms with Crippen LogP contribution in [-0.2, 0) is 6.54 Å². The predicted molar refractivity (Wildman–Crippen MR) is 85.3 cm³/mol. The lowest BCUT2D eigenvalue weighted by molar-refractivity contribution is 0.0904. The van der Waals surface area contributed by atoms with E-state index in [2.05, 4.69) is 25.4 Å². The first-order valence-corrected chi connectivity index (χ1v) is 7.12. The van der Waals surface area contributed by atoms with Crippen molar-refractivity contribution in [3.05, 3.63) is 29.8 Å². The van der Waals surface area contributed by atoms with Crippen LogP contribution in [0.2, 0.25) is 0 Å². The molecule has 0 spiro atoms. The molecule has 9 nitrogen and oxygen atoms in total. The molecule has 0 saturated heterocycles. The number of rotatable bonds is 7. The molecule has 0 aliphatic heterocycles. The van der Waals surface area contributed by atoms with Crippen LogP contribution >= 0.6 is 0 Å². The third-order valence-corrected chi connectivity index (χ3v) is 3.07. The molecule has 2 aromatic heterocycles. The fourth-order valence-electron chi connectivity index (χ4n) is 1.96. The zero-order chi connectivity index (χ0) is 16.8. The van der Waals surface area contributed by atoms with E-state index in [1.54, 1.807) is 23.9 Å². The third-order valence-electron chi connectivity index (χ3n) is 3.07. The van der Waals surface area contributed by atoms with Gasteiger partial charge in [0.25, 0.3) is 5.91 Å². The molecule has 0 aromatic carbocycles. The standard InChI is InChI=1S/C14H19N7O2/c1-3-21-12(4-5-18-21)13(23)19-11(8-22)10-7-17-14(20-10)16-6-9(2)15/h4-7,11,15,22H,3,8H2,1-2H3,(H,17,20)(H,19,23)/b15-9?,16-6-. The van der Waals surface area contributed by atoms with Crippen LogP contribution in [0, 0.1) is 5.41 Å². The molecule has 4 N–H and O–H groups in total. The first-order chi connectivity index (χ1) is 11.0. The molecule has 1 amide bonds. The quantitative estimate of drug-likeness (QED) is 0.563. The summed E-state index contributed by atoms with van der Waals surface area (Å²) < 4.78 is 1.57. The molecular formula is C14H19N7O2. The number of aromatic amines is 1. The second-order valence-electron chi connectivity index (χ2n) is 4.84. The highest BCUT2D eigenvalue weighted by atomic mass is 16.3. The van der Waals surface area contributed by atoms with Gasteiger partial charge < -0.3 is 20.8 Å². The SMILES string of the molecule is CCn1nccc1C(=O)NC(CO)c1cnc(/N=C\C(C)=N)[nH]1. The summed E-state index contributed by atoms with van der Waals surface area (Å²) in [5.74, 6) is -0.0312. The van der Waals surface area contributed by atoms with Crippen LogP contribution in [0.5, 0.6) is 0 Å². The van der Waals surface area contributed by atoms with Gasteiger partial charge in [0.15, 0.2) is 0 Å². The van der Waals surface area contributed by atoms with E-state index >= 15 is 0 Å². The number of nitrogens with zero attached hydrogens (tertiary/aromatic N) is 4. The number of H-pyrrole nitrogens is 1. The van der Waals surface area contributed by atoms with Crippen LogP contribution in [-0.4, -0.2) is 49.3 Å². The van der Waals surface area contributed by atoms with Gasteiger partial charge in [-0.1, -0.05) is 0 Å². The lowest BCUT2D eigenvalue weighted by Crippen LogP contribution is -2.32. The maximum absolute atomic E-state index is 12.3. The highest BCUT2D eigenvalue weighted by Crippen LogP contribution is 2.14. The van der Waals surface area contributed by atoms with Gasteiger partial charge in [-0.15, -0.1) is 0 Å². The van der Waals surface area contributed by atoms with Crippen molar-refractivity contribution in [1.29, 1.82) is 5.41 Å². The van der Waals surface area contributed by atoms with Gasteiger partial charge in [0.2, 0.25) is 5.95 Å². The minimum Gasteiger partial charge on any atom is -0.394 e. The number of hydrogen-bond acceptors (Lipinski definition) is 6. The van der Waals surface area contributed by atoms with Crippen molar-refractivity contribution in [2.24, 2.45) is 4.99 Å². The highest BCUT2D eigenvalue weighted by Gasteiger charge is 2.19. The zero-order valence-corrected chi connectivity index (χ0v) is 12.9. The molecule has 0 fully saturated rings. The highest BCUT2D eigenvalue weighted by molar-refractivity contribution is 6.28. The Morgan fingerprint density at radius 3 is 3.09 bits per heavy atom. The number of aromatic nitrogens is 4. The molecule has 0 aliphatic rings. The van der Waals surface area contributed by atoms with Crippen LogP contribution in [0.3, 0.4) is 0 Å². The van der Waals surface area contributed by atoms with Gasteiger partial charge in [-0.05, 0) is 19.9 Å². The molecule has 23 heavy (non-hydrogen) atoms. The summed E-state index contributed by atoms with van der Waals surface area (Å²) in [5, 5.41) is 23.6. The van der Waals surface area contributed by atoms with Crippen molar-refractivity contribution in [2.45, 2.75) is 26.4 Å². The summed E-state index contributed by atoms with van der Waals surface area (Å²) in [6, 6.07) is 0.975. The first kappa shape index (κ1) is 16.6. The van der Waals surface area contributed by atoms with Crippen molar-refractivity contribution in [3.8, 4) is 0 Å². The second-order valence-corrected chi connectivity index (χ2v) is 4.84. The van der Waals surface area contributed by atoms with Gasteiger partial charge in [0.1, 0.15) is 5.69 Å². The van der Waals surface area contributed by atoms with E-state index in [0.717, 1.165) is 0 Å². The Morgan fingerprint density at radius 1 is 1.65 bits per heavy atom. The Balaban J connectivity index is 2.11. The Labute approximate surface area is 133 Å². The Morgan fingerprint density at radius 2 is 2.43 bits per heavy atom. The number of carbonyl (C=O) groups is 1. The number of carbonyl (C=O) groups excluding carboxylic acids is 1.